The van der Waals surface area contributed by atoms with Gasteiger partial charge in [0.05, 0.1) is 6.04 Å². The normalized spacial score (nSPS) is 29.9. The Morgan fingerprint density at radius 3 is 2.25 bits per heavy atom. The third-order valence-electron chi connectivity index (χ3n) is 6.23. The van der Waals surface area contributed by atoms with E-state index in [2.05, 4.69) is 4.90 Å². The number of nitrogens with two attached hydrogens (primary N) is 1. The van der Waals surface area contributed by atoms with Crippen LogP contribution in [0.4, 0.5) is 0 Å². The fourth-order valence-electron chi connectivity index (χ4n) is 4.57. The molecule has 0 bridgehead atoms. The van der Waals surface area contributed by atoms with Crippen molar-refractivity contribution in [2.45, 2.75) is 45.1 Å². The molecular formula is C18H32N4O2. The average Bonchev–Trinajstić information content (AvgIpc) is 3.31. The lowest BCUT2D eigenvalue weighted by molar-refractivity contribution is -0.140. The van der Waals surface area contributed by atoms with Crippen molar-refractivity contribution in [2.24, 2.45) is 17.6 Å². The summed E-state index contributed by atoms with van der Waals surface area (Å²) in [6, 6.07) is -0.0661. The zero-order chi connectivity index (χ0) is 17.1. The van der Waals surface area contributed by atoms with Gasteiger partial charge in [-0.3, -0.25) is 14.5 Å². The number of hydrogen-bond donors (Lipinski definition) is 1. The number of rotatable bonds is 4. The molecule has 0 aromatic carbocycles. The molecule has 1 saturated carbocycles. The third kappa shape index (κ3) is 3.59. The number of piperazine rings is 1. The highest BCUT2D eigenvalue weighted by Gasteiger charge is 2.37. The zero-order valence-corrected chi connectivity index (χ0v) is 15.0. The molecule has 3 fully saturated rings. The van der Waals surface area contributed by atoms with E-state index in [9.17, 15) is 9.59 Å². The van der Waals surface area contributed by atoms with Gasteiger partial charge in [-0.05, 0) is 45.1 Å². The fraction of sp³-hybridized carbons (Fsp3) is 0.889. The van der Waals surface area contributed by atoms with Crippen LogP contribution in [-0.4, -0.2) is 78.4 Å². The summed E-state index contributed by atoms with van der Waals surface area (Å²) in [4.78, 5) is 31.5. The van der Waals surface area contributed by atoms with E-state index >= 15 is 0 Å². The van der Waals surface area contributed by atoms with Crippen LogP contribution >= 0.6 is 0 Å². The van der Waals surface area contributed by atoms with Gasteiger partial charge in [-0.2, -0.15) is 0 Å². The summed E-state index contributed by atoms with van der Waals surface area (Å²) in [5.41, 5.74) is 5.83. The number of amides is 2. The van der Waals surface area contributed by atoms with E-state index in [1.165, 1.54) is 0 Å². The monoisotopic (exact) mass is 336 g/mol. The summed E-state index contributed by atoms with van der Waals surface area (Å²) in [7, 11) is 0. The number of likely N-dealkylation sites (tertiary alicyclic amines) is 1. The molecule has 0 spiro atoms. The topological polar surface area (TPSA) is 69.9 Å². The summed E-state index contributed by atoms with van der Waals surface area (Å²) in [6.45, 7) is 7.53. The Kier molecular flexibility index (Phi) is 5.76. The Labute approximate surface area is 145 Å². The molecule has 3 atom stereocenters. The largest absolute Gasteiger partial charge is 0.341 e. The Balaban J connectivity index is 1.50. The molecule has 2 amide bonds. The van der Waals surface area contributed by atoms with Gasteiger partial charge in [-0.1, -0.05) is 6.42 Å². The van der Waals surface area contributed by atoms with E-state index in [0.29, 0.717) is 18.4 Å². The smallest absolute Gasteiger partial charge is 0.239 e. The van der Waals surface area contributed by atoms with Gasteiger partial charge in [0.15, 0.2) is 0 Å². The fourth-order valence-corrected chi connectivity index (χ4v) is 4.57. The average molecular weight is 336 g/mol. The van der Waals surface area contributed by atoms with Crippen molar-refractivity contribution in [1.82, 2.24) is 14.7 Å². The molecule has 24 heavy (non-hydrogen) atoms. The van der Waals surface area contributed by atoms with Gasteiger partial charge in [-0.25, -0.2) is 0 Å². The van der Waals surface area contributed by atoms with Gasteiger partial charge in [0.1, 0.15) is 0 Å². The molecule has 2 heterocycles. The molecule has 3 rings (SSSR count). The van der Waals surface area contributed by atoms with Crippen molar-refractivity contribution >= 4 is 11.8 Å². The Bertz CT molecular complexity index is 456. The number of hydrogen-bond acceptors (Lipinski definition) is 4. The van der Waals surface area contributed by atoms with Gasteiger partial charge in [0.2, 0.25) is 11.8 Å². The Morgan fingerprint density at radius 1 is 0.958 bits per heavy atom. The van der Waals surface area contributed by atoms with Crippen LogP contribution in [-0.2, 0) is 9.59 Å². The molecule has 6 nitrogen and oxygen atoms in total. The molecule has 2 N–H and O–H groups in total. The maximum atomic E-state index is 12.8. The molecular weight excluding hydrogens is 304 g/mol. The van der Waals surface area contributed by atoms with Crippen LogP contribution in [0.3, 0.4) is 0 Å². The first kappa shape index (κ1) is 17.7. The van der Waals surface area contributed by atoms with Crippen molar-refractivity contribution in [3.63, 3.8) is 0 Å². The molecule has 1 unspecified atom stereocenters. The summed E-state index contributed by atoms with van der Waals surface area (Å²) in [5.74, 6) is 1.05. The molecule has 6 heteroatoms. The van der Waals surface area contributed by atoms with Crippen LogP contribution in [0.1, 0.15) is 39.0 Å². The van der Waals surface area contributed by atoms with E-state index in [-0.39, 0.29) is 17.9 Å². The van der Waals surface area contributed by atoms with Crippen molar-refractivity contribution in [1.29, 1.82) is 0 Å². The highest BCUT2D eigenvalue weighted by molar-refractivity contribution is 5.82. The standard InChI is InChI=1S/C18H32N4O2/c1-14(17(23)21-7-2-3-8-21)20-9-11-22(12-10-20)18(24)16-6-4-5-15(16)13-19/h14-16H,2-13,19H2,1H3/t14?,15-,16-/m1/s1. The molecule has 0 radical (unpaired) electrons. The second kappa shape index (κ2) is 7.83. The second-order valence-corrected chi connectivity index (χ2v) is 7.60. The number of nitrogens with zero attached hydrogens (tertiary/aromatic N) is 3. The van der Waals surface area contributed by atoms with Crippen LogP contribution in [0, 0.1) is 11.8 Å². The summed E-state index contributed by atoms with van der Waals surface area (Å²) in [5, 5.41) is 0. The lowest BCUT2D eigenvalue weighted by Gasteiger charge is -2.39. The van der Waals surface area contributed by atoms with Crippen LogP contribution in [0.15, 0.2) is 0 Å². The van der Waals surface area contributed by atoms with Crippen LogP contribution in [0.5, 0.6) is 0 Å². The van der Waals surface area contributed by atoms with Crippen LogP contribution in [0.25, 0.3) is 0 Å². The van der Waals surface area contributed by atoms with Crippen LogP contribution < -0.4 is 5.73 Å². The first-order valence-corrected chi connectivity index (χ1v) is 9.63. The molecule has 0 aromatic rings. The summed E-state index contributed by atoms with van der Waals surface area (Å²) in [6.07, 6.45) is 5.47. The molecule has 0 aromatic heterocycles. The first-order valence-electron chi connectivity index (χ1n) is 9.63. The first-order chi connectivity index (χ1) is 11.6. The maximum Gasteiger partial charge on any atom is 0.239 e. The van der Waals surface area contributed by atoms with Crippen molar-refractivity contribution in [2.75, 3.05) is 45.8 Å². The van der Waals surface area contributed by atoms with Crippen molar-refractivity contribution in [3.8, 4) is 0 Å². The highest BCUT2D eigenvalue weighted by Crippen LogP contribution is 2.32. The summed E-state index contributed by atoms with van der Waals surface area (Å²) >= 11 is 0. The minimum Gasteiger partial charge on any atom is -0.341 e. The minimum atomic E-state index is -0.0661. The maximum absolute atomic E-state index is 12.8. The number of carbonyl (C=O) groups is 2. The van der Waals surface area contributed by atoms with Gasteiger partial charge < -0.3 is 15.5 Å². The van der Waals surface area contributed by atoms with E-state index in [1.54, 1.807) is 0 Å². The predicted octanol–water partition coefficient (Wildman–Crippen LogP) is 0.517. The summed E-state index contributed by atoms with van der Waals surface area (Å²) < 4.78 is 0. The molecule has 1 aliphatic carbocycles. The van der Waals surface area contributed by atoms with E-state index in [4.69, 9.17) is 5.73 Å². The van der Waals surface area contributed by atoms with E-state index < -0.39 is 0 Å². The van der Waals surface area contributed by atoms with Gasteiger partial charge in [0, 0.05) is 45.2 Å². The lowest BCUT2D eigenvalue weighted by Crippen LogP contribution is -2.56. The Hall–Kier alpha value is -1.14. The van der Waals surface area contributed by atoms with Crippen LogP contribution in [0.2, 0.25) is 0 Å². The number of carbonyl (C=O) groups excluding carboxylic acids is 2. The Morgan fingerprint density at radius 2 is 1.62 bits per heavy atom. The van der Waals surface area contributed by atoms with E-state index in [1.807, 2.05) is 16.7 Å². The van der Waals surface area contributed by atoms with Gasteiger partial charge >= 0.3 is 0 Å². The van der Waals surface area contributed by atoms with Crippen molar-refractivity contribution in [3.05, 3.63) is 0 Å². The predicted molar refractivity (Wildman–Crippen MR) is 93.3 cm³/mol. The minimum absolute atomic E-state index is 0.0661. The molecule has 2 aliphatic heterocycles. The molecule has 136 valence electrons. The third-order valence-corrected chi connectivity index (χ3v) is 6.23. The second-order valence-electron chi connectivity index (χ2n) is 7.60. The lowest BCUT2D eigenvalue weighted by atomic mass is 9.94. The molecule has 2 saturated heterocycles. The zero-order valence-electron chi connectivity index (χ0n) is 15.0. The SMILES string of the molecule is CC(C(=O)N1CCCC1)N1CCN(C(=O)[C@@H]2CCC[C@@H]2CN)CC1. The molecule has 3 aliphatic rings. The van der Waals surface area contributed by atoms with E-state index in [0.717, 1.165) is 71.4 Å². The highest BCUT2D eigenvalue weighted by atomic mass is 16.2. The van der Waals surface area contributed by atoms with Gasteiger partial charge in [-0.15, -0.1) is 0 Å². The quantitative estimate of drug-likeness (QED) is 0.812. The van der Waals surface area contributed by atoms with Crippen molar-refractivity contribution < 1.29 is 9.59 Å². The van der Waals surface area contributed by atoms with Gasteiger partial charge in [0.25, 0.3) is 0 Å².